The summed E-state index contributed by atoms with van der Waals surface area (Å²) in [5.74, 6) is 0.401. The van der Waals surface area contributed by atoms with Gasteiger partial charge in [0.2, 0.25) is 0 Å². The van der Waals surface area contributed by atoms with Crippen LogP contribution in [0.1, 0.15) is 28.5 Å². The summed E-state index contributed by atoms with van der Waals surface area (Å²) in [6.45, 7) is 1.03. The number of hydrogen-bond donors (Lipinski definition) is 0. The Bertz CT molecular complexity index is 958. The zero-order valence-electron chi connectivity index (χ0n) is 14.8. The van der Waals surface area contributed by atoms with E-state index in [0.29, 0.717) is 30.4 Å². The molecule has 1 aromatic heterocycles. The molecule has 4 rings (SSSR count). The van der Waals surface area contributed by atoms with Crippen LogP contribution in [0.25, 0.3) is 11.5 Å². The van der Waals surface area contributed by atoms with Crippen LogP contribution >= 0.6 is 0 Å². The number of halogens is 1. The molecule has 3 aromatic rings. The number of benzene rings is 2. The topological polar surface area (TPSA) is 68.5 Å². The van der Waals surface area contributed by atoms with Gasteiger partial charge in [0.15, 0.2) is 17.4 Å². The van der Waals surface area contributed by atoms with Gasteiger partial charge in [-0.1, -0.05) is 23.4 Å². The second kappa shape index (κ2) is 7.19. The van der Waals surface area contributed by atoms with E-state index in [4.69, 9.17) is 9.26 Å². The van der Waals surface area contributed by atoms with Crippen molar-refractivity contribution in [2.45, 2.75) is 12.3 Å². The van der Waals surface area contributed by atoms with Gasteiger partial charge in [0.1, 0.15) is 0 Å². The molecule has 0 saturated carbocycles. The highest BCUT2D eigenvalue weighted by Crippen LogP contribution is 2.29. The Balaban J connectivity index is 1.46. The first-order valence-electron chi connectivity index (χ1n) is 8.67. The summed E-state index contributed by atoms with van der Waals surface area (Å²) < 4.78 is 24.1. The molecule has 1 fully saturated rings. The van der Waals surface area contributed by atoms with Crippen LogP contribution in [0, 0.1) is 5.82 Å². The van der Waals surface area contributed by atoms with Crippen molar-refractivity contribution in [3.05, 3.63) is 65.7 Å². The molecule has 0 radical (unpaired) electrons. The third-order valence-electron chi connectivity index (χ3n) is 4.70. The lowest BCUT2D eigenvalue weighted by atomic mass is 10.1. The quantitative estimate of drug-likeness (QED) is 0.706. The smallest absolute Gasteiger partial charge is 0.257 e. The van der Waals surface area contributed by atoms with Gasteiger partial charge < -0.3 is 14.2 Å². The average molecular weight is 367 g/mol. The second-order valence-electron chi connectivity index (χ2n) is 6.41. The van der Waals surface area contributed by atoms with Crippen molar-refractivity contribution in [1.29, 1.82) is 0 Å². The molecule has 2 heterocycles. The third kappa shape index (κ3) is 3.40. The standard InChI is InChI=1S/C20H18FN3O3/c1-26-17-8-7-14(11-16(17)21)20(25)24-10-9-15(12-24)18-22-19(27-23-18)13-5-3-2-4-6-13/h2-8,11,15H,9-10,12H2,1H3. The zero-order chi connectivity index (χ0) is 18.8. The monoisotopic (exact) mass is 367 g/mol. The Kier molecular flexibility index (Phi) is 4.58. The van der Waals surface area contributed by atoms with E-state index in [2.05, 4.69) is 10.1 Å². The SMILES string of the molecule is COc1ccc(C(=O)N2CCC(c3noc(-c4ccccc4)n3)C2)cc1F. The third-order valence-corrected chi connectivity index (χ3v) is 4.70. The molecule has 1 amide bonds. The predicted octanol–water partition coefficient (Wildman–Crippen LogP) is 3.51. The molecule has 0 N–H and O–H groups in total. The maximum absolute atomic E-state index is 13.9. The van der Waals surface area contributed by atoms with E-state index >= 15 is 0 Å². The molecule has 6 nitrogen and oxygen atoms in total. The van der Waals surface area contributed by atoms with Crippen LogP contribution < -0.4 is 4.74 Å². The van der Waals surface area contributed by atoms with Crippen LogP contribution in [0.15, 0.2) is 53.1 Å². The van der Waals surface area contributed by atoms with Gasteiger partial charge in [0.05, 0.1) is 7.11 Å². The summed E-state index contributed by atoms with van der Waals surface area (Å²) in [4.78, 5) is 18.8. The Morgan fingerprint density at radius 3 is 2.81 bits per heavy atom. The number of carbonyl (C=O) groups is 1. The fraction of sp³-hybridized carbons (Fsp3) is 0.250. The molecule has 27 heavy (non-hydrogen) atoms. The Morgan fingerprint density at radius 2 is 2.07 bits per heavy atom. The average Bonchev–Trinajstić information content (AvgIpc) is 3.37. The van der Waals surface area contributed by atoms with Crippen molar-refractivity contribution < 1.29 is 18.4 Å². The van der Waals surface area contributed by atoms with Crippen LogP contribution in [-0.4, -0.2) is 41.1 Å². The molecule has 1 unspecified atom stereocenters. The highest BCUT2D eigenvalue weighted by atomic mass is 19.1. The van der Waals surface area contributed by atoms with Crippen LogP contribution in [0.5, 0.6) is 5.75 Å². The fourth-order valence-electron chi connectivity index (χ4n) is 3.24. The van der Waals surface area contributed by atoms with Gasteiger partial charge in [-0.3, -0.25) is 4.79 Å². The molecular weight excluding hydrogens is 349 g/mol. The lowest BCUT2D eigenvalue weighted by Gasteiger charge is -2.16. The Hall–Kier alpha value is -3.22. The molecule has 1 atom stereocenters. The Morgan fingerprint density at radius 1 is 1.26 bits per heavy atom. The van der Waals surface area contributed by atoms with Crippen molar-refractivity contribution in [3.8, 4) is 17.2 Å². The number of hydrogen-bond acceptors (Lipinski definition) is 5. The molecule has 0 aliphatic carbocycles. The summed E-state index contributed by atoms with van der Waals surface area (Å²) in [7, 11) is 1.39. The van der Waals surface area contributed by atoms with Gasteiger partial charge in [-0.15, -0.1) is 0 Å². The molecule has 7 heteroatoms. The molecule has 0 bridgehead atoms. The highest BCUT2D eigenvalue weighted by molar-refractivity contribution is 5.94. The van der Waals surface area contributed by atoms with Crippen LogP contribution in [-0.2, 0) is 0 Å². The van der Waals surface area contributed by atoms with Gasteiger partial charge in [0, 0.05) is 30.1 Å². The molecule has 2 aromatic carbocycles. The summed E-state index contributed by atoms with van der Waals surface area (Å²) in [5, 5.41) is 4.08. The van der Waals surface area contributed by atoms with Crippen molar-refractivity contribution >= 4 is 5.91 Å². The molecule has 1 aliphatic heterocycles. The number of ether oxygens (including phenoxy) is 1. The highest BCUT2D eigenvalue weighted by Gasteiger charge is 2.31. The lowest BCUT2D eigenvalue weighted by molar-refractivity contribution is 0.0790. The number of methoxy groups -OCH3 is 1. The number of aromatic nitrogens is 2. The first-order chi connectivity index (χ1) is 13.2. The van der Waals surface area contributed by atoms with Gasteiger partial charge >= 0.3 is 0 Å². The van der Waals surface area contributed by atoms with E-state index in [1.165, 1.54) is 19.2 Å². The number of carbonyl (C=O) groups excluding carboxylic acids is 1. The van der Waals surface area contributed by atoms with E-state index in [1.807, 2.05) is 30.3 Å². The first-order valence-corrected chi connectivity index (χ1v) is 8.67. The molecule has 1 aliphatic rings. The number of likely N-dealkylation sites (tertiary alicyclic amines) is 1. The zero-order valence-corrected chi connectivity index (χ0v) is 14.8. The van der Waals surface area contributed by atoms with Crippen LogP contribution in [0.3, 0.4) is 0 Å². The molecule has 0 spiro atoms. The normalized spacial score (nSPS) is 16.5. The minimum Gasteiger partial charge on any atom is -0.494 e. The van der Waals surface area contributed by atoms with Crippen molar-refractivity contribution in [2.24, 2.45) is 0 Å². The van der Waals surface area contributed by atoms with Crippen LogP contribution in [0.2, 0.25) is 0 Å². The van der Waals surface area contributed by atoms with Gasteiger partial charge in [0.25, 0.3) is 11.8 Å². The van der Waals surface area contributed by atoms with Gasteiger partial charge in [-0.25, -0.2) is 4.39 Å². The number of rotatable bonds is 4. The largest absolute Gasteiger partial charge is 0.494 e. The summed E-state index contributed by atoms with van der Waals surface area (Å²) in [6, 6.07) is 13.8. The first kappa shape index (κ1) is 17.2. The fourth-order valence-corrected chi connectivity index (χ4v) is 3.24. The van der Waals surface area contributed by atoms with Gasteiger partial charge in [-0.05, 0) is 36.8 Å². The minimum absolute atomic E-state index is 0.00161. The summed E-state index contributed by atoms with van der Waals surface area (Å²) in [6.07, 6.45) is 0.734. The number of nitrogens with zero attached hydrogens (tertiary/aromatic N) is 3. The van der Waals surface area contributed by atoms with Crippen molar-refractivity contribution in [3.63, 3.8) is 0 Å². The minimum atomic E-state index is -0.551. The van der Waals surface area contributed by atoms with Crippen LogP contribution in [0.4, 0.5) is 4.39 Å². The molecular formula is C20H18FN3O3. The van der Waals surface area contributed by atoms with E-state index in [1.54, 1.807) is 11.0 Å². The van der Waals surface area contributed by atoms with Gasteiger partial charge in [-0.2, -0.15) is 4.98 Å². The van der Waals surface area contributed by atoms with Crippen molar-refractivity contribution in [2.75, 3.05) is 20.2 Å². The van der Waals surface area contributed by atoms with E-state index in [0.717, 1.165) is 12.0 Å². The van der Waals surface area contributed by atoms with E-state index in [9.17, 15) is 9.18 Å². The lowest BCUT2D eigenvalue weighted by Crippen LogP contribution is -2.28. The van der Waals surface area contributed by atoms with E-state index < -0.39 is 5.82 Å². The second-order valence-corrected chi connectivity index (χ2v) is 6.41. The predicted molar refractivity (Wildman–Crippen MR) is 95.9 cm³/mol. The maximum atomic E-state index is 13.9. The summed E-state index contributed by atoms with van der Waals surface area (Å²) in [5.41, 5.74) is 1.16. The maximum Gasteiger partial charge on any atom is 0.257 e. The Labute approximate surface area is 155 Å². The molecule has 1 saturated heterocycles. The number of amides is 1. The summed E-state index contributed by atoms with van der Waals surface area (Å²) >= 11 is 0. The van der Waals surface area contributed by atoms with Crippen molar-refractivity contribution in [1.82, 2.24) is 15.0 Å². The van der Waals surface area contributed by atoms with E-state index in [-0.39, 0.29) is 17.6 Å². The molecule has 138 valence electrons.